The van der Waals surface area contributed by atoms with E-state index in [9.17, 15) is 4.79 Å². The fraction of sp³-hybridized carbons (Fsp3) is 0.680. The number of aromatic nitrogens is 1. The van der Waals surface area contributed by atoms with Crippen molar-refractivity contribution < 1.29 is 4.79 Å². The van der Waals surface area contributed by atoms with Crippen molar-refractivity contribution in [1.82, 2.24) is 9.88 Å². The Morgan fingerprint density at radius 2 is 1.96 bits per heavy atom. The van der Waals surface area contributed by atoms with Crippen LogP contribution in [0.2, 0.25) is 0 Å². The molecule has 1 unspecified atom stereocenters. The predicted octanol–water partition coefficient (Wildman–Crippen LogP) is 5.39. The Labute approximate surface area is 169 Å². The minimum Gasteiger partial charge on any atom is -0.337 e. The molecule has 28 heavy (non-hydrogen) atoms. The first-order chi connectivity index (χ1) is 13.4. The molecule has 2 aliphatic carbocycles. The number of fused-ring (bicyclic) bond motifs is 5. The third-order valence-electron chi connectivity index (χ3n) is 8.93. The molecule has 0 N–H and O–H groups in total. The first kappa shape index (κ1) is 18.4. The van der Waals surface area contributed by atoms with E-state index >= 15 is 0 Å². The van der Waals surface area contributed by atoms with Crippen LogP contribution in [0.1, 0.15) is 76.3 Å². The number of carbonyl (C=O) groups is 1. The van der Waals surface area contributed by atoms with Crippen molar-refractivity contribution in [3.05, 3.63) is 35.7 Å². The van der Waals surface area contributed by atoms with Crippen molar-refractivity contribution in [2.45, 2.75) is 77.7 Å². The average Bonchev–Trinajstić information content (AvgIpc) is 2.94. The van der Waals surface area contributed by atoms with E-state index in [0.717, 1.165) is 31.2 Å². The largest absolute Gasteiger partial charge is 0.337 e. The van der Waals surface area contributed by atoms with Gasteiger partial charge in [-0.15, -0.1) is 0 Å². The molecule has 2 aliphatic heterocycles. The molecule has 5 rings (SSSR count). The van der Waals surface area contributed by atoms with Gasteiger partial charge < -0.3 is 4.90 Å². The Bertz CT molecular complexity index is 830. The lowest BCUT2D eigenvalue weighted by molar-refractivity contribution is -0.150. The topological polar surface area (TPSA) is 33.2 Å². The fourth-order valence-electron chi connectivity index (χ4n) is 7.54. The fourth-order valence-corrected chi connectivity index (χ4v) is 7.54. The van der Waals surface area contributed by atoms with Crippen LogP contribution in [-0.4, -0.2) is 27.9 Å². The van der Waals surface area contributed by atoms with Crippen molar-refractivity contribution in [2.24, 2.45) is 23.2 Å². The van der Waals surface area contributed by atoms with E-state index in [0.29, 0.717) is 11.8 Å². The van der Waals surface area contributed by atoms with Gasteiger partial charge in [0.15, 0.2) is 0 Å². The van der Waals surface area contributed by atoms with Gasteiger partial charge in [-0.25, -0.2) is 0 Å². The maximum Gasteiger partial charge on any atom is 0.223 e. The number of amides is 1. The highest BCUT2D eigenvalue weighted by Crippen LogP contribution is 2.63. The van der Waals surface area contributed by atoms with Crippen LogP contribution < -0.4 is 0 Å². The minimum atomic E-state index is 0.0888. The second-order valence-corrected chi connectivity index (χ2v) is 10.3. The second-order valence-electron chi connectivity index (χ2n) is 10.3. The zero-order valence-corrected chi connectivity index (χ0v) is 17.7. The Morgan fingerprint density at radius 1 is 1.11 bits per heavy atom. The number of hydrogen-bond acceptors (Lipinski definition) is 2. The summed E-state index contributed by atoms with van der Waals surface area (Å²) in [5, 5.41) is 0. The predicted molar refractivity (Wildman–Crippen MR) is 113 cm³/mol. The molecule has 1 aromatic rings. The van der Waals surface area contributed by atoms with Crippen LogP contribution in [0, 0.1) is 30.1 Å². The molecule has 1 saturated carbocycles. The quantitative estimate of drug-likeness (QED) is 0.656. The molecule has 3 heterocycles. The first-order valence-corrected chi connectivity index (χ1v) is 11.4. The van der Waals surface area contributed by atoms with Crippen molar-refractivity contribution in [1.29, 1.82) is 0 Å². The molecule has 0 spiro atoms. The van der Waals surface area contributed by atoms with Gasteiger partial charge in [0.05, 0.1) is 0 Å². The summed E-state index contributed by atoms with van der Waals surface area (Å²) in [6.07, 6.45) is 15.7. The van der Waals surface area contributed by atoms with E-state index < -0.39 is 0 Å². The Kier molecular flexibility index (Phi) is 4.23. The molecular weight excluding hydrogens is 344 g/mol. The van der Waals surface area contributed by atoms with E-state index in [1.807, 2.05) is 6.20 Å². The van der Waals surface area contributed by atoms with Crippen LogP contribution in [0.5, 0.6) is 0 Å². The molecule has 1 amide bonds. The minimum absolute atomic E-state index is 0.0888. The van der Waals surface area contributed by atoms with Gasteiger partial charge in [0, 0.05) is 30.9 Å². The summed E-state index contributed by atoms with van der Waals surface area (Å²) in [7, 11) is 0. The zero-order chi connectivity index (χ0) is 19.5. The summed E-state index contributed by atoms with van der Waals surface area (Å²) in [4.78, 5) is 19.6. The number of carbonyl (C=O) groups excluding carboxylic acids is 1. The molecule has 0 bridgehead atoms. The highest BCUT2D eigenvalue weighted by Gasteiger charge is 2.58. The van der Waals surface area contributed by atoms with Gasteiger partial charge in [-0.1, -0.05) is 19.4 Å². The molecule has 3 fully saturated rings. The highest BCUT2D eigenvalue weighted by atomic mass is 16.2. The lowest BCUT2D eigenvalue weighted by atomic mass is 9.52. The molecule has 2 saturated heterocycles. The van der Waals surface area contributed by atoms with E-state index in [2.05, 4.69) is 49.0 Å². The molecule has 3 heteroatoms. The normalized spacial score (nSPS) is 40.2. The van der Waals surface area contributed by atoms with Gasteiger partial charge in [-0.05, 0) is 98.3 Å². The van der Waals surface area contributed by atoms with Crippen LogP contribution in [-0.2, 0) is 4.79 Å². The van der Waals surface area contributed by atoms with E-state index in [4.69, 9.17) is 0 Å². The number of hydrogen-bond donors (Lipinski definition) is 0. The number of rotatable bonds is 1. The van der Waals surface area contributed by atoms with Gasteiger partial charge in [-0.2, -0.15) is 0 Å². The maximum absolute atomic E-state index is 12.8. The molecule has 4 aliphatic rings. The van der Waals surface area contributed by atoms with Crippen molar-refractivity contribution in [3.63, 3.8) is 0 Å². The van der Waals surface area contributed by atoms with Crippen LogP contribution in [0.3, 0.4) is 0 Å². The Morgan fingerprint density at radius 3 is 2.79 bits per heavy atom. The highest BCUT2D eigenvalue weighted by molar-refractivity contribution is 5.78. The van der Waals surface area contributed by atoms with Gasteiger partial charge in [-0.3, -0.25) is 9.78 Å². The summed E-state index contributed by atoms with van der Waals surface area (Å²) in [6.45, 7) is 8.05. The second kappa shape index (κ2) is 6.43. The van der Waals surface area contributed by atoms with Crippen LogP contribution >= 0.6 is 0 Å². The Hall–Kier alpha value is -1.64. The van der Waals surface area contributed by atoms with Crippen LogP contribution in [0.15, 0.2) is 24.5 Å². The summed E-state index contributed by atoms with van der Waals surface area (Å²) in [5.74, 6) is 2.56. The lowest BCUT2D eigenvalue weighted by Crippen LogP contribution is -2.62. The summed E-state index contributed by atoms with van der Waals surface area (Å²) in [6, 6.07) is 2.31. The molecule has 0 radical (unpaired) electrons. The molecule has 5 atom stereocenters. The van der Waals surface area contributed by atoms with Gasteiger partial charge in [0.2, 0.25) is 5.91 Å². The van der Waals surface area contributed by atoms with E-state index in [1.54, 1.807) is 0 Å². The third-order valence-corrected chi connectivity index (χ3v) is 8.93. The number of nitrogens with zero attached hydrogens (tertiary/aromatic N) is 2. The third kappa shape index (κ3) is 2.54. The van der Waals surface area contributed by atoms with Crippen molar-refractivity contribution in [2.75, 3.05) is 6.54 Å². The molecular formula is C25H34N2O. The molecule has 1 aromatic heterocycles. The van der Waals surface area contributed by atoms with Crippen molar-refractivity contribution in [3.8, 4) is 0 Å². The standard InChI is InChI=1S/C25H34N2O/c1-17-14-18(16-26-15-17)20-7-8-21-19-10-13-27-23(28)6-4-5-11-25(27,3)22(19)9-12-24(20,21)2/h7,14-16,19,21-22H,4-6,8-13H2,1-3H3/t19-,21-,22?,24+,25+/m0/s1. The lowest BCUT2D eigenvalue weighted by Gasteiger charge is -2.59. The van der Waals surface area contributed by atoms with E-state index in [-0.39, 0.29) is 11.0 Å². The van der Waals surface area contributed by atoms with Gasteiger partial charge >= 0.3 is 0 Å². The maximum atomic E-state index is 12.8. The van der Waals surface area contributed by atoms with Crippen molar-refractivity contribution >= 4 is 11.5 Å². The number of allylic oxidation sites excluding steroid dienone is 2. The summed E-state index contributed by atoms with van der Waals surface area (Å²) >= 11 is 0. The SMILES string of the molecule is Cc1cncc(C2=CC[C@H]3[C@@H]4CCN5C(=O)CCCC[C@]5(C)C4CC[C@]23C)c1. The van der Waals surface area contributed by atoms with Gasteiger partial charge in [0.1, 0.15) is 0 Å². The van der Waals surface area contributed by atoms with Crippen LogP contribution in [0.4, 0.5) is 0 Å². The molecule has 150 valence electrons. The number of pyridine rings is 1. The first-order valence-electron chi connectivity index (χ1n) is 11.4. The number of aryl methyl sites for hydroxylation is 1. The Balaban J connectivity index is 1.47. The summed E-state index contributed by atoms with van der Waals surface area (Å²) in [5.41, 5.74) is 4.47. The smallest absolute Gasteiger partial charge is 0.223 e. The van der Waals surface area contributed by atoms with E-state index in [1.165, 1.54) is 55.2 Å². The summed E-state index contributed by atoms with van der Waals surface area (Å²) < 4.78 is 0. The zero-order valence-electron chi connectivity index (χ0n) is 17.7. The number of piperidine rings is 1. The monoisotopic (exact) mass is 378 g/mol. The average molecular weight is 379 g/mol. The van der Waals surface area contributed by atoms with Crippen LogP contribution in [0.25, 0.3) is 5.57 Å². The molecule has 0 aromatic carbocycles. The molecule has 3 nitrogen and oxygen atoms in total. The van der Waals surface area contributed by atoms with Gasteiger partial charge in [0.25, 0.3) is 0 Å².